The highest BCUT2D eigenvalue weighted by molar-refractivity contribution is 6.62. The van der Waals surface area contributed by atoms with Gasteiger partial charge in [-0.15, -0.1) is 0 Å². The molecule has 1 aliphatic heterocycles. The second kappa shape index (κ2) is 11.3. The van der Waals surface area contributed by atoms with Gasteiger partial charge in [0.25, 0.3) is 0 Å². The van der Waals surface area contributed by atoms with Gasteiger partial charge in [-0.25, -0.2) is 0 Å². The van der Waals surface area contributed by atoms with Crippen molar-refractivity contribution < 1.29 is 9.31 Å². The average molecular weight is 671 g/mol. The van der Waals surface area contributed by atoms with E-state index in [2.05, 4.69) is 191 Å². The standard InChI is InChI=1S/C49H39BO2/c1-47(2)48(3,4)52-50(51-47)38-19-13-18-36(30-38)34-16-11-14-32(28-34)33-15-12-17-35(29-33)37-26-27-42-41-22-7-10-25-45(41)49(46(42)31-37)43-23-8-5-20-39(43)40-21-6-9-24-44(40)49/h5-31H,1-4H3. The number of fused-ring (bicyclic) bond motifs is 10. The third kappa shape index (κ3) is 4.46. The molecule has 52 heavy (non-hydrogen) atoms. The fourth-order valence-electron chi connectivity index (χ4n) is 8.88. The highest BCUT2D eigenvalue weighted by atomic mass is 16.7. The van der Waals surface area contributed by atoms with Gasteiger partial charge >= 0.3 is 7.12 Å². The molecule has 0 bridgehead atoms. The molecule has 0 saturated carbocycles. The predicted molar refractivity (Wildman–Crippen MR) is 215 cm³/mol. The average Bonchev–Trinajstić information content (AvgIpc) is 3.73. The molecular weight excluding hydrogens is 631 g/mol. The summed E-state index contributed by atoms with van der Waals surface area (Å²) in [5.41, 5.74) is 17.8. The molecule has 250 valence electrons. The monoisotopic (exact) mass is 670 g/mol. The molecule has 2 nitrogen and oxygen atoms in total. The van der Waals surface area contributed by atoms with Crippen molar-refractivity contribution in [1.82, 2.24) is 0 Å². The van der Waals surface area contributed by atoms with Crippen molar-refractivity contribution >= 4 is 12.6 Å². The molecule has 0 atom stereocenters. The summed E-state index contributed by atoms with van der Waals surface area (Å²) in [5.74, 6) is 0. The Balaban J connectivity index is 1.04. The molecule has 0 unspecified atom stereocenters. The first-order valence-electron chi connectivity index (χ1n) is 18.4. The Kier molecular flexibility index (Phi) is 6.77. The normalized spacial score (nSPS) is 16.7. The van der Waals surface area contributed by atoms with Gasteiger partial charge < -0.3 is 9.31 Å². The number of benzene rings is 7. The Morgan fingerprint density at radius 1 is 0.346 bits per heavy atom. The fourth-order valence-corrected chi connectivity index (χ4v) is 8.88. The smallest absolute Gasteiger partial charge is 0.399 e. The van der Waals surface area contributed by atoms with Crippen molar-refractivity contribution in [2.24, 2.45) is 0 Å². The van der Waals surface area contributed by atoms with Crippen molar-refractivity contribution in [1.29, 1.82) is 0 Å². The van der Waals surface area contributed by atoms with Crippen molar-refractivity contribution in [3.63, 3.8) is 0 Å². The van der Waals surface area contributed by atoms with E-state index < -0.39 is 7.12 Å². The van der Waals surface area contributed by atoms with E-state index >= 15 is 0 Å². The number of rotatable bonds is 4. The molecule has 3 heteroatoms. The molecule has 3 aliphatic rings. The highest BCUT2D eigenvalue weighted by Gasteiger charge is 2.52. The van der Waals surface area contributed by atoms with Gasteiger partial charge in [-0.05, 0) is 129 Å². The first-order valence-corrected chi connectivity index (χ1v) is 18.4. The van der Waals surface area contributed by atoms with Gasteiger partial charge in [-0.1, -0.05) is 146 Å². The van der Waals surface area contributed by atoms with Crippen molar-refractivity contribution in [3.05, 3.63) is 186 Å². The maximum atomic E-state index is 6.38. The Hall–Kier alpha value is -5.48. The lowest BCUT2D eigenvalue weighted by Crippen LogP contribution is -2.41. The summed E-state index contributed by atoms with van der Waals surface area (Å²) in [6.07, 6.45) is 0. The lowest BCUT2D eigenvalue weighted by atomic mass is 9.70. The van der Waals surface area contributed by atoms with Crippen LogP contribution in [0.1, 0.15) is 49.9 Å². The molecular formula is C49H39BO2. The minimum atomic E-state index is -0.393. The Labute approximate surface area is 306 Å². The van der Waals surface area contributed by atoms with Crippen LogP contribution in [0, 0.1) is 0 Å². The minimum Gasteiger partial charge on any atom is -0.399 e. The van der Waals surface area contributed by atoms with Crippen LogP contribution in [0.5, 0.6) is 0 Å². The van der Waals surface area contributed by atoms with E-state index in [1.165, 1.54) is 66.8 Å². The van der Waals surface area contributed by atoms with Gasteiger partial charge in [0.05, 0.1) is 16.6 Å². The summed E-state index contributed by atoms with van der Waals surface area (Å²) in [4.78, 5) is 0. The first kappa shape index (κ1) is 31.3. The fraction of sp³-hybridized carbons (Fsp3) is 0.143. The van der Waals surface area contributed by atoms with Crippen molar-refractivity contribution in [2.75, 3.05) is 0 Å². The summed E-state index contributed by atoms with van der Waals surface area (Å²) >= 11 is 0. The molecule has 7 aromatic carbocycles. The van der Waals surface area contributed by atoms with Crippen LogP contribution in [0.15, 0.2) is 164 Å². The van der Waals surface area contributed by atoms with Gasteiger partial charge in [-0.3, -0.25) is 0 Å². The lowest BCUT2D eigenvalue weighted by Gasteiger charge is -2.32. The van der Waals surface area contributed by atoms with E-state index in [0.717, 1.165) is 16.6 Å². The largest absolute Gasteiger partial charge is 0.494 e. The van der Waals surface area contributed by atoms with E-state index in [0.29, 0.717) is 0 Å². The van der Waals surface area contributed by atoms with E-state index in [9.17, 15) is 0 Å². The van der Waals surface area contributed by atoms with Crippen LogP contribution in [0.4, 0.5) is 0 Å². The predicted octanol–water partition coefficient (Wildman–Crippen LogP) is 11.3. The van der Waals surface area contributed by atoms with Gasteiger partial charge in [0.15, 0.2) is 0 Å². The molecule has 1 fully saturated rings. The molecule has 1 heterocycles. The molecule has 0 aromatic heterocycles. The van der Waals surface area contributed by atoms with Crippen LogP contribution in [-0.2, 0) is 14.7 Å². The summed E-state index contributed by atoms with van der Waals surface area (Å²) < 4.78 is 12.8. The second-order valence-electron chi connectivity index (χ2n) is 15.5. The maximum absolute atomic E-state index is 6.38. The second-order valence-corrected chi connectivity index (χ2v) is 15.5. The quantitative estimate of drug-likeness (QED) is 0.174. The lowest BCUT2D eigenvalue weighted by molar-refractivity contribution is 0.00578. The van der Waals surface area contributed by atoms with Crippen LogP contribution >= 0.6 is 0 Å². The van der Waals surface area contributed by atoms with Crippen LogP contribution in [0.2, 0.25) is 0 Å². The van der Waals surface area contributed by atoms with E-state index in [1.54, 1.807) is 0 Å². The van der Waals surface area contributed by atoms with Crippen molar-refractivity contribution in [2.45, 2.75) is 44.3 Å². The Morgan fingerprint density at radius 3 is 1.21 bits per heavy atom. The molecule has 7 aromatic rings. The molecule has 1 spiro atoms. The van der Waals surface area contributed by atoms with Crippen molar-refractivity contribution in [3.8, 4) is 55.6 Å². The van der Waals surface area contributed by atoms with Gasteiger partial charge in [0, 0.05) is 0 Å². The summed E-state index contributed by atoms with van der Waals surface area (Å²) in [5, 5.41) is 0. The van der Waals surface area contributed by atoms with Crippen LogP contribution < -0.4 is 5.46 Å². The third-order valence-electron chi connectivity index (χ3n) is 12.1. The molecule has 10 rings (SSSR count). The Bertz CT molecular complexity index is 2480. The SMILES string of the molecule is CC1(C)OB(c2cccc(-c3cccc(-c4cccc(-c5ccc6c(c5)C5(c7ccccc7-c7ccccc75)c5ccccc5-6)c4)c3)c2)OC1(C)C. The van der Waals surface area contributed by atoms with Crippen LogP contribution in [0.3, 0.4) is 0 Å². The molecule has 2 aliphatic carbocycles. The maximum Gasteiger partial charge on any atom is 0.494 e. The summed E-state index contributed by atoms with van der Waals surface area (Å²) in [6.45, 7) is 8.39. The van der Waals surface area contributed by atoms with Gasteiger partial charge in [0.1, 0.15) is 0 Å². The van der Waals surface area contributed by atoms with E-state index in [4.69, 9.17) is 9.31 Å². The van der Waals surface area contributed by atoms with Gasteiger partial charge in [-0.2, -0.15) is 0 Å². The molecule has 0 amide bonds. The topological polar surface area (TPSA) is 18.5 Å². The zero-order valence-electron chi connectivity index (χ0n) is 30.0. The third-order valence-corrected chi connectivity index (χ3v) is 12.1. The molecule has 1 saturated heterocycles. The van der Waals surface area contributed by atoms with Crippen LogP contribution in [0.25, 0.3) is 55.6 Å². The Morgan fingerprint density at radius 2 is 0.731 bits per heavy atom. The van der Waals surface area contributed by atoms with E-state index in [-0.39, 0.29) is 16.6 Å². The van der Waals surface area contributed by atoms with E-state index in [1.807, 2.05) is 0 Å². The summed E-state index contributed by atoms with van der Waals surface area (Å²) in [6, 6.07) is 60.5. The highest BCUT2D eigenvalue weighted by Crippen LogP contribution is 2.63. The number of hydrogen-bond acceptors (Lipinski definition) is 2. The first-order chi connectivity index (χ1) is 25.2. The minimum absolute atomic E-state index is 0.352. The molecule has 0 radical (unpaired) electrons. The van der Waals surface area contributed by atoms with Crippen LogP contribution in [-0.4, -0.2) is 18.3 Å². The van der Waals surface area contributed by atoms with Gasteiger partial charge in [0.2, 0.25) is 0 Å². The zero-order valence-corrected chi connectivity index (χ0v) is 30.0. The molecule has 0 N–H and O–H groups in total. The summed E-state index contributed by atoms with van der Waals surface area (Å²) in [7, 11) is -0.393. The number of hydrogen-bond donors (Lipinski definition) is 0. The zero-order chi connectivity index (χ0) is 35.2.